The molecule has 0 radical (unpaired) electrons. The van der Waals surface area contributed by atoms with E-state index in [0.29, 0.717) is 16.9 Å². The topological polar surface area (TPSA) is 35.5 Å². The molecule has 0 atom stereocenters. The molecule has 0 aliphatic carbocycles. The highest BCUT2D eigenvalue weighted by atomic mass is 19.1. The van der Waals surface area contributed by atoms with Crippen LogP contribution in [0.2, 0.25) is 0 Å². The Bertz CT molecular complexity index is 620. The molecule has 2 aromatic carbocycles. The average Bonchev–Trinajstić information content (AvgIpc) is 2.52. The maximum atomic E-state index is 13.4. The van der Waals surface area contributed by atoms with E-state index in [9.17, 15) is 9.18 Å². The summed E-state index contributed by atoms with van der Waals surface area (Å²) in [7, 11) is 0. The molecule has 0 unspecified atom stereocenters. The number of halogens is 1. The van der Waals surface area contributed by atoms with Gasteiger partial charge in [0.15, 0.2) is 0 Å². The first kappa shape index (κ1) is 14.8. The van der Waals surface area contributed by atoms with Gasteiger partial charge in [0.1, 0.15) is 24.8 Å². The van der Waals surface area contributed by atoms with E-state index >= 15 is 0 Å². The van der Waals surface area contributed by atoms with Gasteiger partial charge in [-0.1, -0.05) is 30.9 Å². The third kappa shape index (κ3) is 4.18. The van der Waals surface area contributed by atoms with Crippen molar-refractivity contribution in [2.24, 2.45) is 0 Å². The van der Waals surface area contributed by atoms with Gasteiger partial charge in [0.25, 0.3) is 0 Å². The van der Waals surface area contributed by atoms with Gasteiger partial charge < -0.3 is 9.47 Å². The molecule has 0 aliphatic heterocycles. The molecule has 0 bridgehead atoms. The molecular formula is C17H15FO3. The van der Waals surface area contributed by atoms with Crippen molar-refractivity contribution in [2.75, 3.05) is 6.61 Å². The van der Waals surface area contributed by atoms with E-state index in [-0.39, 0.29) is 19.0 Å². The fourth-order valence-corrected chi connectivity index (χ4v) is 1.68. The van der Waals surface area contributed by atoms with Crippen molar-refractivity contribution in [3.63, 3.8) is 0 Å². The lowest BCUT2D eigenvalue weighted by atomic mass is 10.2. The molecule has 0 aromatic heterocycles. The molecule has 2 aromatic rings. The van der Waals surface area contributed by atoms with Crippen molar-refractivity contribution in [2.45, 2.75) is 6.61 Å². The van der Waals surface area contributed by atoms with Crippen LogP contribution in [-0.4, -0.2) is 12.6 Å². The molecule has 108 valence electrons. The van der Waals surface area contributed by atoms with Crippen molar-refractivity contribution < 1.29 is 18.7 Å². The summed E-state index contributed by atoms with van der Waals surface area (Å²) in [6.07, 6.45) is 1.50. The molecule has 0 aliphatic rings. The van der Waals surface area contributed by atoms with Gasteiger partial charge in [-0.3, -0.25) is 0 Å². The fourth-order valence-electron chi connectivity index (χ4n) is 1.68. The average molecular weight is 286 g/mol. The van der Waals surface area contributed by atoms with Crippen molar-refractivity contribution in [3.8, 4) is 5.75 Å². The maximum Gasteiger partial charge on any atom is 0.338 e. The van der Waals surface area contributed by atoms with Crippen LogP contribution in [0.3, 0.4) is 0 Å². The van der Waals surface area contributed by atoms with Crippen molar-refractivity contribution in [3.05, 3.63) is 78.1 Å². The second kappa shape index (κ2) is 7.24. The van der Waals surface area contributed by atoms with Crippen LogP contribution >= 0.6 is 0 Å². The molecule has 0 heterocycles. The molecule has 2 rings (SSSR count). The van der Waals surface area contributed by atoms with Gasteiger partial charge in [0.05, 0.1) is 5.56 Å². The summed E-state index contributed by atoms with van der Waals surface area (Å²) < 4.78 is 23.8. The molecule has 21 heavy (non-hydrogen) atoms. The minimum Gasteiger partial charge on any atom is -0.489 e. The van der Waals surface area contributed by atoms with Gasteiger partial charge in [-0.2, -0.15) is 0 Å². The van der Waals surface area contributed by atoms with E-state index in [1.807, 2.05) is 0 Å². The Kier molecular flexibility index (Phi) is 5.10. The van der Waals surface area contributed by atoms with E-state index in [1.54, 1.807) is 42.5 Å². The number of rotatable bonds is 6. The van der Waals surface area contributed by atoms with E-state index < -0.39 is 5.97 Å². The highest BCUT2D eigenvalue weighted by Gasteiger charge is 2.07. The summed E-state index contributed by atoms with van der Waals surface area (Å²) in [4.78, 5) is 11.6. The largest absolute Gasteiger partial charge is 0.489 e. The Morgan fingerprint density at radius 3 is 2.52 bits per heavy atom. The third-order valence-electron chi connectivity index (χ3n) is 2.77. The minimum atomic E-state index is -0.421. The smallest absolute Gasteiger partial charge is 0.338 e. The van der Waals surface area contributed by atoms with E-state index in [0.717, 1.165) is 0 Å². The highest BCUT2D eigenvalue weighted by molar-refractivity contribution is 5.89. The Balaban J connectivity index is 1.95. The molecule has 3 nitrogen and oxygen atoms in total. The van der Waals surface area contributed by atoms with E-state index in [1.165, 1.54) is 12.1 Å². The molecule has 0 saturated heterocycles. The first-order valence-corrected chi connectivity index (χ1v) is 6.45. The van der Waals surface area contributed by atoms with Crippen LogP contribution in [0.4, 0.5) is 4.39 Å². The number of hydrogen-bond acceptors (Lipinski definition) is 3. The Labute approximate surface area is 122 Å². The van der Waals surface area contributed by atoms with Gasteiger partial charge in [-0.05, 0) is 30.3 Å². The summed E-state index contributed by atoms with van der Waals surface area (Å²) in [5.41, 5.74) is 0.905. The van der Waals surface area contributed by atoms with Crippen molar-refractivity contribution in [1.82, 2.24) is 0 Å². The van der Waals surface area contributed by atoms with Crippen molar-refractivity contribution in [1.29, 1.82) is 0 Å². The predicted molar refractivity (Wildman–Crippen MR) is 77.7 cm³/mol. The maximum absolute atomic E-state index is 13.4. The second-order valence-corrected chi connectivity index (χ2v) is 4.29. The molecule has 0 N–H and O–H groups in total. The monoisotopic (exact) mass is 286 g/mol. The van der Waals surface area contributed by atoms with E-state index in [4.69, 9.17) is 9.47 Å². The number of ether oxygens (including phenoxy) is 2. The molecular weight excluding hydrogens is 271 g/mol. The summed E-state index contributed by atoms with van der Waals surface area (Å²) in [5, 5.41) is 0. The van der Waals surface area contributed by atoms with Crippen LogP contribution in [0, 0.1) is 5.82 Å². The first-order chi connectivity index (χ1) is 10.2. The number of benzene rings is 2. The summed E-state index contributed by atoms with van der Waals surface area (Å²) in [6, 6.07) is 12.9. The SMILES string of the molecule is C=CCOC(=O)c1ccc(OCc2ccccc2F)cc1. The van der Waals surface area contributed by atoms with Crippen molar-refractivity contribution >= 4 is 5.97 Å². The third-order valence-corrected chi connectivity index (χ3v) is 2.77. The van der Waals surface area contributed by atoms with Gasteiger partial charge in [0.2, 0.25) is 0 Å². The van der Waals surface area contributed by atoms with Crippen LogP contribution in [0.15, 0.2) is 61.2 Å². The fraction of sp³-hybridized carbons (Fsp3) is 0.118. The van der Waals surface area contributed by atoms with Crippen LogP contribution in [0.1, 0.15) is 15.9 Å². The number of hydrogen-bond donors (Lipinski definition) is 0. The summed E-state index contributed by atoms with van der Waals surface area (Å²) in [6.45, 7) is 3.78. The Morgan fingerprint density at radius 2 is 1.86 bits per heavy atom. The van der Waals surface area contributed by atoms with Gasteiger partial charge in [0, 0.05) is 5.56 Å². The lowest BCUT2D eigenvalue weighted by molar-refractivity contribution is 0.0549. The molecule has 4 heteroatoms. The molecule has 0 amide bonds. The standard InChI is InChI=1S/C17H15FO3/c1-2-11-20-17(19)13-7-9-15(10-8-13)21-12-14-5-3-4-6-16(14)18/h2-10H,1,11-12H2. The summed E-state index contributed by atoms with van der Waals surface area (Å²) >= 11 is 0. The summed E-state index contributed by atoms with van der Waals surface area (Å²) in [5.74, 6) is -0.170. The lowest BCUT2D eigenvalue weighted by Crippen LogP contribution is -2.05. The van der Waals surface area contributed by atoms with Crippen LogP contribution in [-0.2, 0) is 11.3 Å². The quantitative estimate of drug-likeness (QED) is 0.599. The minimum absolute atomic E-state index is 0.132. The predicted octanol–water partition coefficient (Wildman–Crippen LogP) is 3.75. The molecule has 0 spiro atoms. The second-order valence-electron chi connectivity index (χ2n) is 4.29. The molecule has 0 fully saturated rings. The Morgan fingerprint density at radius 1 is 1.14 bits per heavy atom. The zero-order valence-corrected chi connectivity index (χ0v) is 11.4. The first-order valence-electron chi connectivity index (χ1n) is 6.45. The molecule has 0 saturated carbocycles. The zero-order valence-electron chi connectivity index (χ0n) is 11.4. The van der Waals surface area contributed by atoms with Gasteiger partial charge >= 0.3 is 5.97 Å². The van der Waals surface area contributed by atoms with Gasteiger partial charge in [-0.25, -0.2) is 9.18 Å². The van der Waals surface area contributed by atoms with Gasteiger partial charge in [-0.15, -0.1) is 0 Å². The van der Waals surface area contributed by atoms with Crippen LogP contribution < -0.4 is 4.74 Å². The normalized spacial score (nSPS) is 9.95. The lowest BCUT2D eigenvalue weighted by Gasteiger charge is -2.08. The van der Waals surface area contributed by atoms with E-state index in [2.05, 4.69) is 6.58 Å². The number of esters is 1. The van der Waals surface area contributed by atoms with Crippen LogP contribution in [0.5, 0.6) is 5.75 Å². The number of carbonyl (C=O) groups excluding carboxylic acids is 1. The van der Waals surface area contributed by atoms with Crippen LogP contribution in [0.25, 0.3) is 0 Å². The number of carbonyl (C=O) groups is 1. The Hall–Kier alpha value is -2.62. The highest BCUT2D eigenvalue weighted by Crippen LogP contribution is 2.16. The zero-order chi connectivity index (χ0) is 15.1.